The SMILES string of the molecule is C.Cc1cc(C)c(=S)n(C)c1-c1cc(C#N)n(C)n1. The van der Waals surface area contributed by atoms with Crippen molar-refractivity contribution in [1.82, 2.24) is 14.3 Å². The molecule has 0 aliphatic heterocycles. The van der Waals surface area contributed by atoms with Crippen molar-refractivity contribution in [2.75, 3.05) is 0 Å². The van der Waals surface area contributed by atoms with Gasteiger partial charge in [-0.05, 0) is 25.0 Å². The number of aromatic nitrogens is 3. The molecule has 0 saturated heterocycles. The number of nitriles is 1. The van der Waals surface area contributed by atoms with Crippen LogP contribution in [-0.4, -0.2) is 14.3 Å². The van der Waals surface area contributed by atoms with Crippen LogP contribution in [0.5, 0.6) is 0 Å². The summed E-state index contributed by atoms with van der Waals surface area (Å²) >= 11 is 5.37. The fraction of sp³-hybridized carbons (Fsp3) is 0.357. The molecule has 2 aromatic heterocycles. The van der Waals surface area contributed by atoms with Gasteiger partial charge in [-0.25, -0.2) is 0 Å². The Hall–Kier alpha value is -1.93. The maximum Gasteiger partial charge on any atom is 0.138 e. The van der Waals surface area contributed by atoms with E-state index in [1.54, 1.807) is 17.8 Å². The van der Waals surface area contributed by atoms with Crippen LogP contribution >= 0.6 is 12.2 Å². The summed E-state index contributed by atoms with van der Waals surface area (Å²) in [5, 5.41) is 13.3. The van der Waals surface area contributed by atoms with E-state index in [1.807, 2.05) is 25.5 Å². The molecule has 19 heavy (non-hydrogen) atoms. The summed E-state index contributed by atoms with van der Waals surface area (Å²) in [4.78, 5) is 0. The highest BCUT2D eigenvalue weighted by atomic mass is 32.1. The number of pyridine rings is 1. The lowest BCUT2D eigenvalue weighted by Gasteiger charge is -2.12. The predicted molar refractivity (Wildman–Crippen MR) is 79.4 cm³/mol. The molecule has 0 radical (unpaired) electrons. The molecular formula is C14H18N4S. The first kappa shape index (κ1) is 15.1. The molecule has 2 rings (SSSR count). The second-order valence-electron chi connectivity index (χ2n) is 4.37. The third-order valence-corrected chi connectivity index (χ3v) is 3.62. The molecule has 0 amide bonds. The molecule has 2 aromatic rings. The van der Waals surface area contributed by atoms with Crippen molar-refractivity contribution in [1.29, 1.82) is 5.26 Å². The smallest absolute Gasteiger partial charge is 0.138 e. The summed E-state index contributed by atoms with van der Waals surface area (Å²) in [6.07, 6.45) is 0. The molecule has 2 heterocycles. The van der Waals surface area contributed by atoms with Crippen molar-refractivity contribution >= 4 is 12.2 Å². The lowest BCUT2D eigenvalue weighted by atomic mass is 10.1. The van der Waals surface area contributed by atoms with Gasteiger partial charge in [0.15, 0.2) is 0 Å². The van der Waals surface area contributed by atoms with Crippen LogP contribution in [0.15, 0.2) is 12.1 Å². The third kappa shape index (κ3) is 2.45. The Bertz CT molecular complexity index is 716. The molecule has 0 aromatic carbocycles. The molecule has 0 fully saturated rings. The van der Waals surface area contributed by atoms with Crippen LogP contribution < -0.4 is 0 Å². The molecule has 5 heteroatoms. The van der Waals surface area contributed by atoms with Gasteiger partial charge in [-0.15, -0.1) is 0 Å². The van der Waals surface area contributed by atoms with Crippen molar-refractivity contribution < 1.29 is 0 Å². The fourth-order valence-corrected chi connectivity index (χ4v) is 2.30. The number of hydrogen-bond acceptors (Lipinski definition) is 3. The van der Waals surface area contributed by atoms with E-state index in [1.165, 1.54) is 0 Å². The van der Waals surface area contributed by atoms with Gasteiger partial charge in [-0.2, -0.15) is 10.4 Å². The standard InChI is InChI=1S/C13H14N4S.CH4/c1-8-5-9(2)13(18)16(3)12(8)11-6-10(7-14)17(4)15-11;/h5-6H,1-4H3;1H4. The molecule has 0 saturated carbocycles. The zero-order valence-electron chi connectivity index (χ0n) is 10.9. The lowest BCUT2D eigenvalue weighted by molar-refractivity contribution is 0.753. The minimum absolute atomic E-state index is 0. The van der Waals surface area contributed by atoms with Crippen LogP contribution in [-0.2, 0) is 14.1 Å². The summed E-state index contributed by atoms with van der Waals surface area (Å²) in [6.45, 7) is 4.02. The molecule has 0 aliphatic rings. The Labute approximate surface area is 118 Å². The van der Waals surface area contributed by atoms with Crippen molar-refractivity contribution in [2.45, 2.75) is 21.3 Å². The average molecular weight is 274 g/mol. The van der Waals surface area contributed by atoms with Gasteiger partial charge in [-0.3, -0.25) is 4.68 Å². The summed E-state index contributed by atoms with van der Waals surface area (Å²) in [5.74, 6) is 0. The maximum absolute atomic E-state index is 8.98. The molecule has 0 spiro atoms. The first-order chi connectivity index (χ1) is 8.45. The van der Waals surface area contributed by atoms with Crippen LogP contribution in [0, 0.1) is 29.8 Å². The largest absolute Gasteiger partial charge is 0.333 e. The minimum atomic E-state index is 0. The monoisotopic (exact) mass is 274 g/mol. The molecule has 100 valence electrons. The molecular weight excluding hydrogens is 256 g/mol. The van der Waals surface area contributed by atoms with Crippen molar-refractivity contribution in [2.24, 2.45) is 14.1 Å². The number of rotatable bonds is 1. The summed E-state index contributed by atoms with van der Waals surface area (Å²) in [7, 11) is 3.69. The Morgan fingerprint density at radius 2 is 1.84 bits per heavy atom. The molecule has 0 atom stereocenters. The zero-order chi connectivity index (χ0) is 13.4. The lowest BCUT2D eigenvalue weighted by Crippen LogP contribution is -2.03. The Morgan fingerprint density at radius 3 is 2.37 bits per heavy atom. The van der Waals surface area contributed by atoms with E-state index in [9.17, 15) is 0 Å². The van der Waals surface area contributed by atoms with E-state index in [0.29, 0.717) is 5.69 Å². The zero-order valence-corrected chi connectivity index (χ0v) is 11.7. The highest BCUT2D eigenvalue weighted by molar-refractivity contribution is 7.71. The molecule has 0 aliphatic carbocycles. The number of aryl methyl sites for hydroxylation is 3. The fourth-order valence-electron chi connectivity index (χ4n) is 2.15. The minimum Gasteiger partial charge on any atom is -0.333 e. The van der Waals surface area contributed by atoms with Gasteiger partial charge in [0.25, 0.3) is 0 Å². The van der Waals surface area contributed by atoms with E-state index in [0.717, 1.165) is 27.2 Å². The summed E-state index contributed by atoms with van der Waals surface area (Å²) in [6, 6.07) is 5.95. The van der Waals surface area contributed by atoms with E-state index >= 15 is 0 Å². The van der Waals surface area contributed by atoms with Gasteiger partial charge < -0.3 is 4.57 Å². The molecule has 0 bridgehead atoms. The Morgan fingerprint density at radius 1 is 1.21 bits per heavy atom. The van der Waals surface area contributed by atoms with Crippen molar-refractivity contribution in [3.63, 3.8) is 0 Å². The third-order valence-electron chi connectivity index (χ3n) is 3.02. The Kier molecular flexibility index (Phi) is 4.28. The highest BCUT2D eigenvalue weighted by Gasteiger charge is 2.13. The van der Waals surface area contributed by atoms with E-state index in [2.05, 4.69) is 17.2 Å². The summed E-state index contributed by atoms with van der Waals surface area (Å²) in [5.41, 5.74) is 4.45. The Balaban J connectivity index is 0.00000180. The second kappa shape index (κ2) is 5.37. The van der Waals surface area contributed by atoms with Gasteiger partial charge in [0.05, 0.1) is 5.69 Å². The first-order valence-corrected chi connectivity index (χ1v) is 5.98. The quantitative estimate of drug-likeness (QED) is 0.750. The van der Waals surface area contributed by atoms with Crippen LogP contribution in [0.2, 0.25) is 0 Å². The van der Waals surface area contributed by atoms with Crippen LogP contribution in [0.4, 0.5) is 0 Å². The topological polar surface area (TPSA) is 46.5 Å². The van der Waals surface area contributed by atoms with E-state index in [-0.39, 0.29) is 7.43 Å². The molecule has 0 unspecified atom stereocenters. The normalized spacial score (nSPS) is 9.84. The number of nitrogens with zero attached hydrogens (tertiary/aromatic N) is 4. The van der Waals surface area contributed by atoms with Gasteiger partial charge in [0, 0.05) is 20.2 Å². The van der Waals surface area contributed by atoms with Gasteiger partial charge in [-0.1, -0.05) is 25.7 Å². The molecule has 0 N–H and O–H groups in total. The van der Waals surface area contributed by atoms with Crippen LogP contribution in [0.1, 0.15) is 24.2 Å². The number of hydrogen-bond donors (Lipinski definition) is 0. The average Bonchev–Trinajstić information content (AvgIpc) is 2.67. The predicted octanol–water partition coefficient (Wildman–Crippen LogP) is 3.28. The van der Waals surface area contributed by atoms with Crippen LogP contribution in [0.3, 0.4) is 0 Å². The van der Waals surface area contributed by atoms with Gasteiger partial charge in [0.2, 0.25) is 0 Å². The summed E-state index contributed by atoms with van der Waals surface area (Å²) < 4.78 is 4.32. The first-order valence-electron chi connectivity index (χ1n) is 5.57. The van der Waals surface area contributed by atoms with E-state index in [4.69, 9.17) is 17.5 Å². The van der Waals surface area contributed by atoms with Crippen molar-refractivity contribution in [3.05, 3.63) is 33.6 Å². The van der Waals surface area contributed by atoms with Crippen LogP contribution in [0.25, 0.3) is 11.4 Å². The maximum atomic E-state index is 8.98. The second-order valence-corrected chi connectivity index (χ2v) is 4.76. The van der Waals surface area contributed by atoms with Gasteiger partial charge in [0.1, 0.15) is 22.1 Å². The van der Waals surface area contributed by atoms with E-state index < -0.39 is 0 Å². The van der Waals surface area contributed by atoms with Gasteiger partial charge >= 0.3 is 0 Å². The highest BCUT2D eigenvalue weighted by Crippen LogP contribution is 2.24. The molecule has 4 nitrogen and oxygen atoms in total. The van der Waals surface area contributed by atoms with Crippen molar-refractivity contribution in [3.8, 4) is 17.5 Å².